The van der Waals surface area contributed by atoms with Crippen LogP contribution in [-0.4, -0.2) is 39.2 Å². The first-order valence-corrected chi connectivity index (χ1v) is 8.87. The van der Waals surface area contributed by atoms with Gasteiger partial charge in [0.15, 0.2) is 0 Å². The van der Waals surface area contributed by atoms with Gasteiger partial charge in [0.25, 0.3) is 0 Å². The van der Waals surface area contributed by atoms with E-state index >= 15 is 0 Å². The molecule has 2 atom stereocenters. The third-order valence-electron chi connectivity index (χ3n) is 3.97. The minimum atomic E-state index is -0.850. The molecule has 1 saturated carbocycles. The number of hydrogen-bond donors (Lipinski definition) is 2. The zero-order valence-corrected chi connectivity index (χ0v) is 13.1. The third kappa shape index (κ3) is 6.03. The molecule has 1 rings (SSSR count). The minimum Gasteiger partial charge on any atom is -0.481 e. The molecule has 2 N–H and O–H groups in total. The smallest absolute Gasteiger partial charge is 0.303 e. The second kappa shape index (κ2) is 7.76. The minimum absolute atomic E-state index is 0.0188. The number of rotatable bonds is 8. The fourth-order valence-electron chi connectivity index (χ4n) is 2.94. The van der Waals surface area contributed by atoms with Crippen LogP contribution in [0.15, 0.2) is 0 Å². The predicted molar refractivity (Wildman–Crippen MR) is 78.9 cm³/mol. The Bertz CT molecular complexity index is 377. The lowest BCUT2D eigenvalue weighted by atomic mass is 9.79. The first-order chi connectivity index (χ1) is 9.33. The number of carbonyl (C=O) groups is 2. The number of carboxylic acids is 1. The quantitative estimate of drug-likeness (QED) is 0.714. The second-order valence-corrected chi connectivity index (χ2v) is 7.54. The van der Waals surface area contributed by atoms with Gasteiger partial charge in [-0.3, -0.25) is 13.8 Å². The van der Waals surface area contributed by atoms with Crippen LogP contribution in [0.2, 0.25) is 0 Å². The highest BCUT2D eigenvalue weighted by molar-refractivity contribution is 7.84. The van der Waals surface area contributed by atoms with Crippen molar-refractivity contribution in [2.75, 3.05) is 12.0 Å². The maximum atomic E-state index is 12.1. The van der Waals surface area contributed by atoms with Crippen LogP contribution in [0, 0.1) is 5.41 Å². The molecule has 6 heteroatoms. The van der Waals surface area contributed by atoms with Crippen molar-refractivity contribution in [2.45, 2.75) is 57.9 Å². The Morgan fingerprint density at radius 3 is 2.40 bits per heavy atom. The van der Waals surface area contributed by atoms with Crippen molar-refractivity contribution in [3.8, 4) is 0 Å². The van der Waals surface area contributed by atoms with Gasteiger partial charge in [-0.15, -0.1) is 0 Å². The maximum absolute atomic E-state index is 12.1. The van der Waals surface area contributed by atoms with Gasteiger partial charge in [0.1, 0.15) is 0 Å². The molecule has 5 nitrogen and oxygen atoms in total. The standard InChI is InChI=1S/C14H25NO4S/c1-11(5-8-20(2)19)15-12(16)9-14(10-13(17)18)6-3-4-7-14/h11H,3-10H2,1-2H3,(H,15,16)(H,17,18). The average Bonchev–Trinajstić information content (AvgIpc) is 2.73. The van der Waals surface area contributed by atoms with Gasteiger partial charge in [-0.2, -0.15) is 0 Å². The van der Waals surface area contributed by atoms with Gasteiger partial charge < -0.3 is 10.4 Å². The summed E-state index contributed by atoms with van der Waals surface area (Å²) in [7, 11) is -0.850. The Hall–Kier alpha value is -0.910. The normalized spacial score (nSPS) is 20.3. The monoisotopic (exact) mass is 303 g/mol. The van der Waals surface area contributed by atoms with Gasteiger partial charge in [-0.05, 0) is 31.6 Å². The molecular formula is C14H25NO4S. The van der Waals surface area contributed by atoms with E-state index in [-0.39, 0.29) is 23.8 Å². The Morgan fingerprint density at radius 1 is 1.30 bits per heavy atom. The van der Waals surface area contributed by atoms with Gasteiger partial charge in [-0.1, -0.05) is 12.8 Å². The zero-order chi connectivity index (χ0) is 15.2. The lowest BCUT2D eigenvalue weighted by Gasteiger charge is -2.27. The van der Waals surface area contributed by atoms with Crippen LogP contribution < -0.4 is 5.32 Å². The van der Waals surface area contributed by atoms with Crippen LogP contribution in [-0.2, 0) is 20.4 Å². The Balaban J connectivity index is 2.46. The van der Waals surface area contributed by atoms with Crippen molar-refractivity contribution in [1.29, 1.82) is 0 Å². The van der Waals surface area contributed by atoms with Gasteiger partial charge in [0.05, 0.1) is 6.42 Å². The summed E-state index contributed by atoms with van der Waals surface area (Å²) in [5.74, 6) is -0.335. The SMILES string of the molecule is CC(CCS(C)=O)NC(=O)CC1(CC(=O)O)CCCC1. The lowest BCUT2D eigenvalue weighted by molar-refractivity contribution is -0.140. The summed E-state index contributed by atoms with van der Waals surface area (Å²) in [5.41, 5.74) is -0.358. The molecule has 0 aromatic heterocycles. The Morgan fingerprint density at radius 2 is 1.90 bits per heavy atom. The van der Waals surface area contributed by atoms with Crippen molar-refractivity contribution in [1.82, 2.24) is 5.32 Å². The number of aliphatic carboxylic acids is 1. The van der Waals surface area contributed by atoms with Crippen molar-refractivity contribution in [3.05, 3.63) is 0 Å². The first kappa shape index (κ1) is 17.1. The topological polar surface area (TPSA) is 83.5 Å². The molecule has 0 radical (unpaired) electrons. The van der Waals surface area contributed by atoms with Crippen LogP contribution in [0.25, 0.3) is 0 Å². The van der Waals surface area contributed by atoms with E-state index in [1.54, 1.807) is 6.26 Å². The summed E-state index contributed by atoms with van der Waals surface area (Å²) in [4.78, 5) is 23.0. The highest BCUT2D eigenvalue weighted by Gasteiger charge is 2.38. The number of amides is 1. The molecule has 1 aliphatic rings. The molecule has 0 heterocycles. The van der Waals surface area contributed by atoms with Crippen molar-refractivity contribution in [2.24, 2.45) is 5.41 Å². The van der Waals surface area contributed by atoms with Gasteiger partial charge in [-0.25, -0.2) is 0 Å². The number of nitrogens with one attached hydrogen (secondary N) is 1. The van der Waals surface area contributed by atoms with Gasteiger partial charge in [0.2, 0.25) is 5.91 Å². The van der Waals surface area contributed by atoms with E-state index in [9.17, 15) is 13.8 Å². The lowest BCUT2D eigenvalue weighted by Crippen LogP contribution is -2.37. The predicted octanol–water partition coefficient (Wildman–Crippen LogP) is 1.68. The number of hydrogen-bond acceptors (Lipinski definition) is 3. The fourth-order valence-corrected chi connectivity index (χ4v) is 3.63. The van der Waals surface area contributed by atoms with Crippen LogP contribution in [0.5, 0.6) is 0 Å². The molecule has 20 heavy (non-hydrogen) atoms. The highest BCUT2D eigenvalue weighted by Crippen LogP contribution is 2.44. The van der Waals surface area contributed by atoms with E-state index in [0.717, 1.165) is 25.7 Å². The molecule has 2 unspecified atom stereocenters. The van der Waals surface area contributed by atoms with Crippen LogP contribution in [0.1, 0.15) is 51.9 Å². The number of carboxylic acid groups (broad SMARTS) is 1. The molecule has 116 valence electrons. The molecule has 0 spiro atoms. The number of carbonyl (C=O) groups excluding carboxylic acids is 1. The largest absolute Gasteiger partial charge is 0.481 e. The molecule has 0 aromatic carbocycles. The van der Waals surface area contributed by atoms with E-state index in [2.05, 4.69) is 5.32 Å². The van der Waals surface area contributed by atoms with E-state index in [1.807, 2.05) is 6.92 Å². The molecule has 1 fully saturated rings. The molecule has 1 amide bonds. The maximum Gasteiger partial charge on any atom is 0.303 e. The molecule has 0 aromatic rings. The van der Waals surface area contributed by atoms with Crippen LogP contribution in [0.4, 0.5) is 0 Å². The summed E-state index contributed by atoms with van der Waals surface area (Å²) in [6, 6.07) is -0.0188. The van der Waals surface area contributed by atoms with Crippen molar-refractivity contribution >= 4 is 22.7 Å². The van der Waals surface area contributed by atoms with E-state index in [4.69, 9.17) is 5.11 Å². The van der Waals surface area contributed by atoms with E-state index in [1.165, 1.54) is 0 Å². The van der Waals surface area contributed by atoms with E-state index in [0.29, 0.717) is 18.6 Å². The van der Waals surface area contributed by atoms with Gasteiger partial charge >= 0.3 is 5.97 Å². The van der Waals surface area contributed by atoms with Crippen LogP contribution in [0.3, 0.4) is 0 Å². The summed E-state index contributed by atoms with van der Waals surface area (Å²) in [6.07, 6.45) is 6.35. The van der Waals surface area contributed by atoms with Gasteiger partial charge in [0, 0.05) is 35.3 Å². The molecule has 0 bridgehead atoms. The molecule has 0 saturated heterocycles. The van der Waals surface area contributed by atoms with Crippen molar-refractivity contribution < 1.29 is 18.9 Å². The Labute approximate surface area is 123 Å². The highest BCUT2D eigenvalue weighted by atomic mass is 32.2. The second-order valence-electron chi connectivity index (χ2n) is 5.99. The average molecular weight is 303 g/mol. The third-order valence-corrected chi connectivity index (χ3v) is 4.78. The Kier molecular flexibility index (Phi) is 6.65. The fraction of sp³-hybridized carbons (Fsp3) is 0.857. The summed E-state index contributed by atoms with van der Waals surface area (Å²) < 4.78 is 11.0. The molecular weight excluding hydrogens is 278 g/mol. The van der Waals surface area contributed by atoms with E-state index < -0.39 is 16.8 Å². The summed E-state index contributed by atoms with van der Waals surface area (Å²) in [6.45, 7) is 1.89. The first-order valence-electron chi connectivity index (χ1n) is 7.14. The molecule has 0 aliphatic heterocycles. The van der Waals surface area contributed by atoms with Crippen molar-refractivity contribution in [3.63, 3.8) is 0 Å². The zero-order valence-electron chi connectivity index (χ0n) is 12.3. The van der Waals surface area contributed by atoms with Crippen LogP contribution >= 0.6 is 0 Å². The summed E-state index contributed by atoms with van der Waals surface area (Å²) in [5, 5.41) is 11.9. The molecule has 1 aliphatic carbocycles. The summed E-state index contributed by atoms with van der Waals surface area (Å²) >= 11 is 0.